The number of nitrogens with zero attached hydrogens (tertiary/aromatic N) is 1. The number of nitrogens with two attached hydrogens (primary N) is 1. The molecule has 5 heteroatoms. The summed E-state index contributed by atoms with van der Waals surface area (Å²) < 4.78 is 5.44. The normalized spacial score (nSPS) is 15.2. The first-order valence-corrected chi connectivity index (χ1v) is 4.66. The maximum atomic E-state index is 10.9. The van der Waals surface area contributed by atoms with Gasteiger partial charge in [-0.1, -0.05) is 11.6 Å². The molecule has 0 saturated heterocycles. The third kappa shape index (κ3) is 1.80. The summed E-state index contributed by atoms with van der Waals surface area (Å²) >= 11 is 5.91. The Bertz CT molecular complexity index is 377. The van der Waals surface area contributed by atoms with E-state index in [-0.39, 0.29) is 16.7 Å². The van der Waals surface area contributed by atoms with Crippen LogP contribution in [0.4, 0.5) is 0 Å². The lowest BCUT2D eigenvalue weighted by atomic mass is 10.2. The zero-order valence-corrected chi connectivity index (χ0v) is 8.12. The van der Waals surface area contributed by atoms with Crippen LogP contribution in [-0.2, 0) is 0 Å². The van der Waals surface area contributed by atoms with Gasteiger partial charge in [0.25, 0.3) is 5.91 Å². The molecule has 1 aromatic heterocycles. The van der Waals surface area contributed by atoms with Crippen molar-refractivity contribution in [3.8, 4) is 5.75 Å². The minimum absolute atomic E-state index is 0.199. The number of halogens is 1. The highest BCUT2D eigenvalue weighted by atomic mass is 35.5. The van der Waals surface area contributed by atoms with Crippen molar-refractivity contribution in [1.29, 1.82) is 0 Å². The fraction of sp³-hybridized carbons (Fsp3) is 0.333. The van der Waals surface area contributed by atoms with E-state index in [9.17, 15) is 4.79 Å². The second-order valence-corrected chi connectivity index (χ2v) is 3.56. The van der Waals surface area contributed by atoms with Crippen LogP contribution in [0.3, 0.4) is 0 Å². The first-order valence-electron chi connectivity index (χ1n) is 4.28. The Hall–Kier alpha value is -1.29. The summed E-state index contributed by atoms with van der Waals surface area (Å²) in [6, 6.07) is 0. The van der Waals surface area contributed by atoms with E-state index in [4.69, 9.17) is 22.1 Å². The van der Waals surface area contributed by atoms with E-state index in [0.717, 1.165) is 12.8 Å². The van der Waals surface area contributed by atoms with Gasteiger partial charge < -0.3 is 10.5 Å². The molecule has 4 nitrogen and oxygen atoms in total. The number of carbonyl (C=O) groups excluding carboxylic acids is 1. The van der Waals surface area contributed by atoms with E-state index in [1.807, 2.05) is 0 Å². The second kappa shape index (κ2) is 3.46. The van der Waals surface area contributed by atoms with Crippen LogP contribution in [0.2, 0.25) is 5.02 Å². The summed E-state index contributed by atoms with van der Waals surface area (Å²) in [5.41, 5.74) is 5.31. The number of pyridine rings is 1. The van der Waals surface area contributed by atoms with Crippen molar-refractivity contribution in [3.63, 3.8) is 0 Å². The number of aromatic nitrogens is 1. The minimum atomic E-state index is -0.594. The van der Waals surface area contributed by atoms with Crippen molar-refractivity contribution in [2.24, 2.45) is 5.73 Å². The lowest BCUT2D eigenvalue weighted by Crippen LogP contribution is -2.12. The molecule has 2 N–H and O–H groups in total. The molecule has 1 aromatic rings. The van der Waals surface area contributed by atoms with E-state index in [1.54, 1.807) is 0 Å². The Morgan fingerprint density at radius 2 is 2.29 bits per heavy atom. The molecule has 1 amide bonds. The summed E-state index contributed by atoms with van der Waals surface area (Å²) in [4.78, 5) is 14.8. The number of rotatable bonds is 3. The largest absolute Gasteiger partial charge is 0.487 e. The zero-order valence-electron chi connectivity index (χ0n) is 7.37. The average Bonchev–Trinajstić information content (AvgIpc) is 2.92. The highest BCUT2D eigenvalue weighted by molar-refractivity contribution is 6.35. The van der Waals surface area contributed by atoms with Crippen molar-refractivity contribution in [1.82, 2.24) is 4.98 Å². The summed E-state index contributed by atoms with van der Waals surface area (Å²) in [7, 11) is 0. The third-order valence-corrected chi connectivity index (χ3v) is 2.32. The fourth-order valence-electron chi connectivity index (χ4n) is 1.04. The van der Waals surface area contributed by atoms with Gasteiger partial charge in [0.1, 0.15) is 0 Å². The monoisotopic (exact) mass is 212 g/mol. The van der Waals surface area contributed by atoms with Gasteiger partial charge in [0.2, 0.25) is 0 Å². The lowest BCUT2D eigenvalue weighted by molar-refractivity contribution is 0.0999. The van der Waals surface area contributed by atoms with Crippen molar-refractivity contribution in [2.45, 2.75) is 18.9 Å². The molecule has 0 atom stereocenters. The molecule has 2 rings (SSSR count). The molecule has 1 heterocycles. The number of hydrogen-bond donors (Lipinski definition) is 1. The van der Waals surface area contributed by atoms with Gasteiger partial charge in [0, 0.05) is 6.20 Å². The Morgan fingerprint density at radius 3 is 2.86 bits per heavy atom. The standard InChI is InChI=1S/C9H9ClN2O2/c10-8-6(9(11)13)3-12-4-7(8)14-5-1-2-5/h3-5H,1-2H2,(H2,11,13). The van der Waals surface area contributed by atoms with Crippen LogP contribution >= 0.6 is 11.6 Å². The molecule has 0 radical (unpaired) electrons. The fourth-order valence-corrected chi connectivity index (χ4v) is 1.28. The molecule has 0 aromatic carbocycles. The van der Waals surface area contributed by atoms with Gasteiger partial charge in [-0.05, 0) is 12.8 Å². The van der Waals surface area contributed by atoms with E-state index in [1.165, 1.54) is 12.4 Å². The molecular weight excluding hydrogens is 204 g/mol. The number of primary amides is 1. The second-order valence-electron chi connectivity index (χ2n) is 3.18. The summed E-state index contributed by atoms with van der Waals surface area (Å²) in [5.74, 6) is -0.158. The van der Waals surface area contributed by atoms with Crippen LogP contribution in [0.5, 0.6) is 5.75 Å². The van der Waals surface area contributed by atoms with Gasteiger partial charge in [-0.25, -0.2) is 0 Å². The minimum Gasteiger partial charge on any atom is -0.487 e. The van der Waals surface area contributed by atoms with Crippen molar-refractivity contribution >= 4 is 17.5 Å². The average molecular weight is 213 g/mol. The van der Waals surface area contributed by atoms with Crippen molar-refractivity contribution in [2.75, 3.05) is 0 Å². The SMILES string of the molecule is NC(=O)c1cncc(OC2CC2)c1Cl. The maximum Gasteiger partial charge on any atom is 0.251 e. The molecule has 0 unspecified atom stereocenters. The number of hydrogen-bond acceptors (Lipinski definition) is 3. The highest BCUT2D eigenvalue weighted by Gasteiger charge is 2.25. The first-order chi connectivity index (χ1) is 6.68. The van der Waals surface area contributed by atoms with Gasteiger partial charge in [0.05, 0.1) is 22.9 Å². The molecule has 1 aliphatic rings. The Labute approximate surface area is 86.0 Å². The van der Waals surface area contributed by atoms with Crippen molar-refractivity contribution in [3.05, 3.63) is 23.0 Å². The van der Waals surface area contributed by atoms with Crippen LogP contribution in [0.15, 0.2) is 12.4 Å². The molecule has 1 saturated carbocycles. The molecule has 74 valence electrons. The Kier molecular flexibility index (Phi) is 2.29. The quantitative estimate of drug-likeness (QED) is 0.823. The predicted octanol–water partition coefficient (Wildman–Crippen LogP) is 1.38. The smallest absolute Gasteiger partial charge is 0.251 e. The summed E-state index contributed by atoms with van der Waals surface area (Å²) in [6.07, 6.45) is 5.10. The molecular formula is C9H9ClN2O2. The van der Waals surface area contributed by atoms with E-state index >= 15 is 0 Å². The highest BCUT2D eigenvalue weighted by Crippen LogP contribution is 2.32. The van der Waals surface area contributed by atoms with Gasteiger partial charge >= 0.3 is 0 Å². The molecule has 1 aliphatic carbocycles. The summed E-state index contributed by atoms with van der Waals surface area (Å²) in [6.45, 7) is 0. The van der Waals surface area contributed by atoms with Crippen LogP contribution in [0, 0.1) is 0 Å². The van der Waals surface area contributed by atoms with Gasteiger partial charge in [0.15, 0.2) is 5.75 Å². The van der Waals surface area contributed by atoms with Gasteiger partial charge in [-0.15, -0.1) is 0 Å². The number of amides is 1. The Morgan fingerprint density at radius 1 is 1.57 bits per heavy atom. The lowest BCUT2D eigenvalue weighted by Gasteiger charge is -2.07. The molecule has 14 heavy (non-hydrogen) atoms. The number of ether oxygens (including phenoxy) is 1. The maximum absolute atomic E-state index is 10.9. The molecule has 0 bridgehead atoms. The molecule has 0 spiro atoms. The van der Waals surface area contributed by atoms with Crippen LogP contribution < -0.4 is 10.5 Å². The Balaban J connectivity index is 2.30. The van der Waals surface area contributed by atoms with Crippen LogP contribution in [0.1, 0.15) is 23.2 Å². The molecule has 1 fully saturated rings. The summed E-state index contributed by atoms with van der Waals surface area (Å²) in [5, 5.41) is 0.249. The van der Waals surface area contributed by atoms with Crippen molar-refractivity contribution < 1.29 is 9.53 Å². The third-order valence-electron chi connectivity index (χ3n) is 1.93. The first kappa shape index (κ1) is 9.27. The topological polar surface area (TPSA) is 65.2 Å². The predicted molar refractivity (Wildman–Crippen MR) is 51.4 cm³/mol. The zero-order chi connectivity index (χ0) is 10.1. The van der Waals surface area contributed by atoms with E-state index < -0.39 is 5.91 Å². The van der Waals surface area contributed by atoms with E-state index in [0.29, 0.717) is 5.75 Å². The van der Waals surface area contributed by atoms with Crippen LogP contribution in [-0.4, -0.2) is 17.0 Å². The van der Waals surface area contributed by atoms with Gasteiger partial charge in [-0.3, -0.25) is 9.78 Å². The van der Waals surface area contributed by atoms with E-state index in [2.05, 4.69) is 4.98 Å². The van der Waals surface area contributed by atoms with Gasteiger partial charge in [-0.2, -0.15) is 0 Å². The number of carbonyl (C=O) groups is 1. The van der Waals surface area contributed by atoms with Crippen LogP contribution in [0.25, 0.3) is 0 Å². The molecule has 0 aliphatic heterocycles.